The quantitative estimate of drug-likeness (QED) is 0.628. The van der Waals surface area contributed by atoms with Crippen LogP contribution in [0, 0.1) is 0 Å². The van der Waals surface area contributed by atoms with Gasteiger partial charge in [0, 0.05) is 12.3 Å². The van der Waals surface area contributed by atoms with Gasteiger partial charge in [-0.25, -0.2) is 8.78 Å². The summed E-state index contributed by atoms with van der Waals surface area (Å²) < 4.78 is 23.4. The number of hydrogen-bond acceptors (Lipinski definition) is 2. The first-order valence-corrected chi connectivity index (χ1v) is 3.31. The molecule has 0 aliphatic heterocycles. The zero-order valence-electron chi connectivity index (χ0n) is 6.59. The fraction of sp³-hybridized carbons (Fsp3) is 0.571. The van der Waals surface area contributed by atoms with Crippen LogP contribution >= 0.6 is 0 Å². The van der Waals surface area contributed by atoms with Gasteiger partial charge in [0.05, 0.1) is 5.70 Å². The summed E-state index contributed by atoms with van der Waals surface area (Å²) in [5, 5.41) is 0. The lowest BCUT2D eigenvalue weighted by Gasteiger charge is -1.95. The van der Waals surface area contributed by atoms with E-state index in [-0.39, 0.29) is 6.04 Å². The van der Waals surface area contributed by atoms with Crippen LogP contribution in [0.5, 0.6) is 0 Å². The van der Waals surface area contributed by atoms with Crippen LogP contribution in [0.1, 0.15) is 13.8 Å². The predicted octanol–water partition coefficient (Wildman–Crippen LogP) is 1.57. The number of aliphatic imine (C=N–C) groups is 1. The van der Waals surface area contributed by atoms with Crippen molar-refractivity contribution in [2.24, 2.45) is 10.7 Å². The van der Waals surface area contributed by atoms with Crippen LogP contribution in [-0.2, 0) is 0 Å². The van der Waals surface area contributed by atoms with Crippen LogP contribution in [-0.4, -0.2) is 18.7 Å². The summed E-state index contributed by atoms with van der Waals surface area (Å²) in [4.78, 5) is 3.83. The van der Waals surface area contributed by atoms with E-state index in [1.807, 2.05) is 13.8 Å². The molecule has 2 N–H and O–H groups in total. The molecule has 0 unspecified atom stereocenters. The standard InChI is InChI=1S/C7H12F2N2/c1-5(2)11-4-3-6(10)7(8)9/h3-5,7H,10H2,1-2H3/b6-3-,11-4?. The summed E-state index contributed by atoms with van der Waals surface area (Å²) >= 11 is 0. The van der Waals surface area contributed by atoms with E-state index in [2.05, 4.69) is 4.99 Å². The molecule has 0 bridgehead atoms. The summed E-state index contributed by atoms with van der Waals surface area (Å²) in [6.45, 7) is 3.70. The number of halogens is 2. The van der Waals surface area contributed by atoms with Crippen molar-refractivity contribution in [2.75, 3.05) is 0 Å². The Labute approximate surface area is 64.8 Å². The first-order valence-electron chi connectivity index (χ1n) is 3.31. The average Bonchev–Trinajstić information content (AvgIpc) is 1.86. The number of alkyl halides is 2. The summed E-state index contributed by atoms with van der Waals surface area (Å²) in [7, 11) is 0. The van der Waals surface area contributed by atoms with Gasteiger partial charge in [0.25, 0.3) is 6.43 Å². The second-order valence-electron chi connectivity index (χ2n) is 2.36. The minimum absolute atomic E-state index is 0.108. The molecule has 0 aromatic rings. The Morgan fingerprint density at radius 2 is 2.00 bits per heavy atom. The monoisotopic (exact) mass is 162 g/mol. The van der Waals surface area contributed by atoms with E-state index in [9.17, 15) is 8.78 Å². The van der Waals surface area contributed by atoms with Gasteiger partial charge < -0.3 is 5.73 Å². The molecule has 0 rings (SSSR count). The minimum Gasteiger partial charge on any atom is -0.397 e. The van der Waals surface area contributed by atoms with Crippen molar-refractivity contribution in [2.45, 2.75) is 26.3 Å². The molecule has 4 heteroatoms. The highest BCUT2D eigenvalue weighted by Crippen LogP contribution is 1.99. The molecular formula is C7H12F2N2. The Hall–Kier alpha value is -0.930. The summed E-state index contributed by atoms with van der Waals surface area (Å²) in [6.07, 6.45) is -0.176. The van der Waals surface area contributed by atoms with Crippen LogP contribution < -0.4 is 5.73 Å². The maximum absolute atomic E-state index is 11.7. The van der Waals surface area contributed by atoms with Crippen LogP contribution in [0.2, 0.25) is 0 Å². The number of rotatable bonds is 3. The zero-order valence-corrected chi connectivity index (χ0v) is 6.59. The zero-order chi connectivity index (χ0) is 8.85. The number of allylic oxidation sites excluding steroid dienone is 2. The lowest BCUT2D eigenvalue weighted by molar-refractivity contribution is 0.188. The summed E-state index contributed by atoms with van der Waals surface area (Å²) in [6, 6.07) is 0.108. The van der Waals surface area contributed by atoms with Crippen molar-refractivity contribution in [3.63, 3.8) is 0 Å². The highest BCUT2D eigenvalue weighted by molar-refractivity contribution is 5.72. The lowest BCUT2D eigenvalue weighted by atomic mass is 10.4. The van der Waals surface area contributed by atoms with E-state index >= 15 is 0 Å². The Balaban J connectivity index is 3.91. The third kappa shape index (κ3) is 5.51. The van der Waals surface area contributed by atoms with Crippen molar-refractivity contribution in [1.82, 2.24) is 0 Å². The molecule has 0 aliphatic carbocycles. The SMILES string of the molecule is CC(C)N=C/C=C(\N)C(F)F. The molecule has 64 valence electrons. The molecule has 11 heavy (non-hydrogen) atoms. The second-order valence-corrected chi connectivity index (χ2v) is 2.36. The number of nitrogens with two attached hydrogens (primary N) is 1. The summed E-state index contributed by atoms with van der Waals surface area (Å²) in [5.74, 6) is 0. The first kappa shape index (κ1) is 10.1. The molecule has 2 nitrogen and oxygen atoms in total. The van der Waals surface area contributed by atoms with Crippen LogP contribution in [0.15, 0.2) is 16.8 Å². The van der Waals surface area contributed by atoms with Crippen molar-refractivity contribution >= 4 is 6.21 Å². The van der Waals surface area contributed by atoms with Crippen LogP contribution in [0.3, 0.4) is 0 Å². The maximum atomic E-state index is 11.7. The van der Waals surface area contributed by atoms with E-state index in [0.29, 0.717) is 0 Å². The van der Waals surface area contributed by atoms with Crippen molar-refractivity contribution in [1.29, 1.82) is 0 Å². The molecular weight excluding hydrogens is 150 g/mol. The normalized spacial score (nSPS) is 13.8. The third-order valence-electron chi connectivity index (χ3n) is 0.903. The van der Waals surface area contributed by atoms with Crippen molar-refractivity contribution in [3.8, 4) is 0 Å². The first-order chi connectivity index (χ1) is 5.04. The number of nitrogens with zero attached hydrogens (tertiary/aromatic N) is 1. The lowest BCUT2D eigenvalue weighted by Crippen LogP contribution is -2.07. The van der Waals surface area contributed by atoms with Crippen LogP contribution in [0.25, 0.3) is 0 Å². The van der Waals surface area contributed by atoms with E-state index in [4.69, 9.17) is 5.73 Å². The molecule has 0 atom stereocenters. The average molecular weight is 162 g/mol. The van der Waals surface area contributed by atoms with Gasteiger partial charge in [-0.2, -0.15) is 0 Å². The number of hydrogen-bond donors (Lipinski definition) is 1. The van der Waals surface area contributed by atoms with E-state index in [1.165, 1.54) is 6.21 Å². The Bertz CT molecular complexity index is 162. The molecule has 0 aromatic carbocycles. The fourth-order valence-electron chi connectivity index (χ4n) is 0.374. The molecule has 0 fully saturated rings. The molecule has 0 aliphatic rings. The van der Waals surface area contributed by atoms with Gasteiger partial charge in [0.15, 0.2) is 0 Å². The Morgan fingerprint density at radius 3 is 2.36 bits per heavy atom. The predicted molar refractivity (Wildman–Crippen MR) is 41.9 cm³/mol. The molecule has 0 spiro atoms. The highest BCUT2D eigenvalue weighted by atomic mass is 19.3. The maximum Gasteiger partial charge on any atom is 0.277 e. The van der Waals surface area contributed by atoms with Gasteiger partial charge in [0.1, 0.15) is 0 Å². The van der Waals surface area contributed by atoms with Crippen molar-refractivity contribution < 1.29 is 8.78 Å². The smallest absolute Gasteiger partial charge is 0.277 e. The van der Waals surface area contributed by atoms with E-state index < -0.39 is 12.1 Å². The van der Waals surface area contributed by atoms with Crippen LogP contribution in [0.4, 0.5) is 8.78 Å². The molecule has 0 amide bonds. The largest absolute Gasteiger partial charge is 0.397 e. The summed E-state index contributed by atoms with van der Waals surface area (Å²) in [5.41, 5.74) is 4.47. The Kier molecular flexibility index (Phi) is 4.41. The highest BCUT2D eigenvalue weighted by Gasteiger charge is 2.03. The van der Waals surface area contributed by atoms with Gasteiger partial charge in [-0.1, -0.05) is 0 Å². The third-order valence-corrected chi connectivity index (χ3v) is 0.903. The fourth-order valence-corrected chi connectivity index (χ4v) is 0.374. The molecule has 0 saturated heterocycles. The van der Waals surface area contributed by atoms with E-state index in [0.717, 1.165) is 6.08 Å². The molecule has 0 radical (unpaired) electrons. The molecule has 0 aromatic heterocycles. The van der Waals surface area contributed by atoms with E-state index in [1.54, 1.807) is 0 Å². The van der Waals surface area contributed by atoms with Crippen molar-refractivity contribution in [3.05, 3.63) is 11.8 Å². The van der Waals surface area contributed by atoms with Gasteiger partial charge in [0.2, 0.25) is 0 Å². The topological polar surface area (TPSA) is 38.4 Å². The van der Waals surface area contributed by atoms with Gasteiger partial charge in [-0.15, -0.1) is 0 Å². The molecule has 0 heterocycles. The Morgan fingerprint density at radius 1 is 1.45 bits per heavy atom. The minimum atomic E-state index is -2.59. The van der Waals surface area contributed by atoms with Gasteiger partial charge >= 0.3 is 0 Å². The molecule has 0 saturated carbocycles. The second kappa shape index (κ2) is 4.82. The van der Waals surface area contributed by atoms with Gasteiger partial charge in [-0.05, 0) is 19.9 Å². The van der Waals surface area contributed by atoms with Gasteiger partial charge in [-0.3, -0.25) is 4.99 Å².